The summed E-state index contributed by atoms with van der Waals surface area (Å²) in [5, 5.41) is 2.97. The first-order valence-electron chi connectivity index (χ1n) is 9.22. The van der Waals surface area contributed by atoms with Crippen LogP contribution >= 0.6 is 0 Å². The zero-order valence-corrected chi connectivity index (χ0v) is 15.4. The van der Waals surface area contributed by atoms with E-state index in [0.717, 1.165) is 0 Å². The summed E-state index contributed by atoms with van der Waals surface area (Å²) in [4.78, 5) is 26.1. The van der Waals surface area contributed by atoms with Crippen molar-refractivity contribution in [1.82, 2.24) is 4.90 Å². The number of carbonyl (C=O) groups excluding carboxylic acids is 2. The third kappa shape index (κ3) is 5.00. The van der Waals surface area contributed by atoms with Crippen LogP contribution in [0.1, 0.15) is 19.8 Å². The molecule has 1 heterocycles. The van der Waals surface area contributed by atoms with Crippen molar-refractivity contribution >= 4 is 17.7 Å². The standard InChI is InChI=1S/C21H24N2O4/c1-2-26-21(25)23-14-12-16(13-15-23)20(24)22-18-10-6-7-11-19(18)27-17-8-4-3-5-9-17/h3-11,16H,2,12-15H2,1H3,(H,22,24). The largest absolute Gasteiger partial charge is 0.455 e. The zero-order chi connectivity index (χ0) is 19.1. The Morgan fingerprint density at radius 2 is 1.70 bits per heavy atom. The van der Waals surface area contributed by atoms with Crippen molar-refractivity contribution in [2.45, 2.75) is 19.8 Å². The first-order chi connectivity index (χ1) is 13.2. The van der Waals surface area contributed by atoms with Gasteiger partial charge in [0.25, 0.3) is 0 Å². The van der Waals surface area contributed by atoms with Gasteiger partial charge in [-0.25, -0.2) is 4.79 Å². The Bertz CT molecular complexity index is 771. The van der Waals surface area contributed by atoms with Crippen molar-refractivity contribution < 1.29 is 19.1 Å². The summed E-state index contributed by atoms with van der Waals surface area (Å²) in [5.74, 6) is 1.12. The molecule has 1 N–H and O–H groups in total. The number of benzene rings is 2. The van der Waals surface area contributed by atoms with Crippen LogP contribution in [0.4, 0.5) is 10.5 Å². The molecule has 0 bridgehead atoms. The van der Waals surface area contributed by atoms with Crippen LogP contribution in [0.2, 0.25) is 0 Å². The minimum atomic E-state index is -0.307. The summed E-state index contributed by atoms with van der Waals surface area (Å²) in [6.45, 7) is 3.20. The van der Waals surface area contributed by atoms with Gasteiger partial charge in [-0.1, -0.05) is 30.3 Å². The molecule has 2 aromatic rings. The molecule has 2 aromatic carbocycles. The lowest BCUT2D eigenvalue weighted by molar-refractivity contribution is -0.121. The predicted molar refractivity (Wildman–Crippen MR) is 103 cm³/mol. The molecule has 6 heteroatoms. The number of para-hydroxylation sites is 3. The van der Waals surface area contributed by atoms with Crippen LogP contribution in [-0.2, 0) is 9.53 Å². The summed E-state index contributed by atoms with van der Waals surface area (Å²) in [6.07, 6.45) is 0.927. The molecule has 2 amide bonds. The van der Waals surface area contributed by atoms with Crippen molar-refractivity contribution in [2.75, 3.05) is 25.0 Å². The van der Waals surface area contributed by atoms with Crippen LogP contribution in [0, 0.1) is 5.92 Å². The maximum absolute atomic E-state index is 12.7. The highest BCUT2D eigenvalue weighted by molar-refractivity contribution is 5.94. The van der Waals surface area contributed by atoms with Gasteiger partial charge in [-0.05, 0) is 44.0 Å². The molecule has 6 nitrogen and oxygen atoms in total. The minimum Gasteiger partial charge on any atom is -0.455 e. The first kappa shape index (κ1) is 18.8. The molecule has 3 rings (SSSR count). The Balaban J connectivity index is 1.60. The molecule has 142 valence electrons. The molecule has 0 atom stereocenters. The van der Waals surface area contributed by atoms with E-state index in [1.807, 2.05) is 54.6 Å². The summed E-state index contributed by atoms with van der Waals surface area (Å²) in [6, 6.07) is 16.8. The highest BCUT2D eigenvalue weighted by atomic mass is 16.6. The first-order valence-corrected chi connectivity index (χ1v) is 9.22. The smallest absolute Gasteiger partial charge is 0.409 e. The number of anilines is 1. The van der Waals surface area contributed by atoms with Gasteiger partial charge in [0, 0.05) is 19.0 Å². The number of nitrogens with one attached hydrogen (secondary N) is 1. The Labute approximate surface area is 159 Å². The van der Waals surface area contributed by atoms with E-state index >= 15 is 0 Å². The molecule has 1 aliphatic rings. The number of likely N-dealkylation sites (tertiary alicyclic amines) is 1. The number of nitrogens with zero attached hydrogens (tertiary/aromatic N) is 1. The number of ether oxygens (including phenoxy) is 2. The number of rotatable bonds is 5. The molecule has 0 spiro atoms. The minimum absolute atomic E-state index is 0.0531. The second-order valence-electron chi connectivity index (χ2n) is 6.36. The third-order valence-corrected chi connectivity index (χ3v) is 4.51. The van der Waals surface area contributed by atoms with Crippen molar-refractivity contribution in [3.8, 4) is 11.5 Å². The molecule has 27 heavy (non-hydrogen) atoms. The lowest BCUT2D eigenvalue weighted by Gasteiger charge is -2.30. The summed E-state index contributed by atoms with van der Waals surface area (Å²) < 4.78 is 10.9. The number of carbonyl (C=O) groups is 2. The average Bonchev–Trinajstić information content (AvgIpc) is 2.70. The predicted octanol–water partition coefficient (Wildman–Crippen LogP) is 4.29. The van der Waals surface area contributed by atoms with Crippen LogP contribution in [-0.4, -0.2) is 36.6 Å². The molecule has 1 saturated heterocycles. The lowest BCUT2D eigenvalue weighted by atomic mass is 9.96. The highest BCUT2D eigenvalue weighted by Gasteiger charge is 2.28. The fraction of sp³-hybridized carbons (Fsp3) is 0.333. The lowest BCUT2D eigenvalue weighted by Crippen LogP contribution is -2.41. The summed E-state index contributed by atoms with van der Waals surface area (Å²) >= 11 is 0. The van der Waals surface area contributed by atoms with E-state index in [1.165, 1.54) is 0 Å². The van der Waals surface area contributed by atoms with Crippen LogP contribution in [0.15, 0.2) is 54.6 Å². The quantitative estimate of drug-likeness (QED) is 0.855. The van der Waals surface area contributed by atoms with Gasteiger partial charge in [-0.3, -0.25) is 4.79 Å². The van der Waals surface area contributed by atoms with Gasteiger partial charge in [0.1, 0.15) is 5.75 Å². The number of hydrogen-bond acceptors (Lipinski definition) is 4. The fourth-order valence-corrected chi connectivity index (χ4v) is 3.05. The van der Waals surface area contributed by atoms with E-state index in [4.69, 9.17) is 9.47 Å². The van der Waals surface area contributed by atoms with Crippen LogP contribution in [0.5, 0.6) is 11.5 Å². The molecule has 0 unspecified atom stereocenters. The zero-order valence-electron chi connectivity index (χ0n) is 15.4. The number of hydrogen-bond donors (Lipinski definition) is 1. The normalized spacial score (nSPS) is 14.5. The van der Waals surface area contributed by atoms with Gasteiger partial charge in [0.15, 0.2) is 5.75 Å². The molecule has 1 fully saturated rings. The Morgan fingerprint density at radius 1 is 1.04 bits per heavy atom. The molecular formula is C21H24N2O4. The van der Waals surface area contributed by atoms with Gasteiger partial charge >= 0.3 is 6.09 Å². The van der Waals surface area contributed by atoms with Gasteiger partial charge < -0.3 is 19.7 Å². The third-order valence-electron chi connectivity index (χ3n) is 4.51. The number of amides is 2. The molecular weight excluding hydrogens is 344 g/mol. The average molecular weight is 368 g/mol. The van der Waals surface area contributed by atoms with Crippen molar-refractivity contribution in [2.24, 2.45) is 5.92 Å². The molecule has 0 saturated carbocycles. The maximum atomic E-state index is 12.7. The van der Waals surface area contributed by atoms with Crippen LogP contribution < -0.4 is 10.1 Å². The van der Waals surface area contributed by atoms with E-state index in [0.29, 0.717) is 49.7 Å². The van der Waals surface area contributed by atoms with Crippen molar-refractivity contribution in [1.29, 1.82) is 0 Å². The van der Waals surface area contributed by atoms with E-state index in [1.54, 1.807) is 11.8 Å². The van der Waals surface area contributed by atoms with Crippen LogP contribution in [0.25, 0.3) is 0 Å². The van der Waals surface area contributed by atoms with Crippen molar-refractivity contribution in [3.63, 3.8) is 0 Å². The van der Waals surface area contributed by atoms with Crippen molar-refractivity contribution in [3.05, 3.63) is 54.6 Å². The fourth-order valence-electron chi connectivity index (χ4n) is 3.05. The summed E-state index contributed by atoms with van der Waals surface area (Å²) in [5.41, 5.74) is 0.638. The highest BCUT2D eigenvalue weighted by Crippen LogP contribution is 2.30. The second kappa shape index (κ2) is 9.07. The summed E-state index contributed by atoms with van der Waals surface area (Å²) in [7, 11) is 0. The second-order valence-corrected chi connectivity index (χ2v) is 6.36. The van der Waals surface area contributed by atoms with E-state index in [2.05, 4.69) is 5.32 Å². The van der Waals surface area contributed by atoms with Crippen LogP contribution in [0.3, 0.4) is 0 Å². The number of piperidine rings is 1. The molecule has 0 radical (unpaired) electrons. The molecule has 0 aromatic heterocycles. The molecule has 0 aliphatic carbocycles. The van der Waals surface area contributed by atoms with E-state index in [9.17, 15) is 9.59 Å². The Kier molecular flexibility index (Phi) is 6.30. The monoisotopic (exact) mass is 368 g/mol. The SMILES string of the molecule is CCOC(=O)N1CCC(C(=O)Nc2ccccc2Oc2ccccc2)CC1. The molecule has 1 aliphatic heterocycles. The topological polar surface area (TPSA) is 67.9 Å². The Hall–Kier alpha value is -3.02. The van der Waals surface area contributed by atoms with Gasteiger partial charge in [0.05, 0.1) is 12.3 Å². The van der Waals surface area contributed by atoms with E-state index in [-0.39, 0.29) is 17.9 Å². The van der Waals surface area contributed by atoms with E-state index < -0.39 is 0 Å². The van der Waals surface area contributed by atoms with Gasteiger partial charge in [-0.2, -0.15) is 0 Å². The maximum Gasteiger partial charge on any atom is 0.409 e. The Morgan fingerprint density at radius 3 is 2.41 bits per heavy atom. The van der Waals surface area contributed by atoms with Gasteiger partial charge in [0.2, 0.25) is 5.91 Å². The van der Waals surface area contributed by atoms with Gasteiger partial charge in [-0.15, -0.1) is 0 Å².